The fraction of sp³-hybridized carbons (Fsp3) is 0.318. The Balaban J connectivity index is 1.65. The highest BCUT2D eigenvalue weighted by atomic mass is 32.2. The molecule has 3 rings (SSSR count). The first-order valence-electron chi connectivity index (χ1n) is 9.82. The molecule has 0 spiro atoms. The van der Waals surface area contributed by atoms with Crippen molar-refractivity contribution in [2.24, 2.45) is 0 Å². The smallest absolute Gasteiger partial charge is 0.237 e. The standard InChI is InChI=1S/C22H27N5O2S/c1-17(2)27(21(28)15-30-22-25-23-16-26(22)13-14-29-3)20-11-9-19(10-12-20)24-18-7-5-4-6-8-18/h4-12,16-17,24H,13-15H2,1-3H3. The zero-order chi connectivity index (χ0) is 21.3. The molecule has 1 amide bonds. The maximum Gasteiger partial charge on any atom is 0.237 e. The molecule has 0 bridgehead atoms. The van der Waals surface area contributed by atoms with Crippen LogP contribution in [0, 0.1) is 0 Å². The Bertz CT molecular complexity index is 928. The van der Waals surface area contributed by atoms with E-state index in [-0.39, 0.29) is 17.7 Å². The number of hydrogen-bond donors (Lipinski definition) is 1. The minimum atomic E-state index is 0.0278. The van der Waals surface area contributed by atoms with Gasteiger partial charge >= 0.3 is 0 Å². The summed E-state index contributed by atoms with van der Waals surface area (Å²) in [6.07, 6.45) is 1.66. The number of para-hydroxylation sites is 1. The number of carbonyl (C=O) groups is 1. The van der Waals surface area contributed by atoms with Gasteiger partial charge in [-0.2, -0.15) is 0 Å². The Morgan fingerprint density at radius 1 is 1.13 bits per heavy atom. The predicted octanol–water partition coefficient (Wildman–Crippen LogP) is 4.20. The van der Waals surface area contributed by atoms with Gasteiger partial charge in [0, 0.05) is 36.8 Å². The van der Waals surface area contributed by atoms with Gasteiger partial charge in [-0.15, -0.1) is 10.2 Å². The fourth-order valence-corrected chi connectivity index (χ4v) is 3.82. The van der Waals surface area contributed by atoms with Gasteiger partial charge in [0.1, 0.15) is 6.33 Å². The summed E-state index contributed by atoms with van der Waals surface area (Å²) in [5, 5.41) is 12.1. The molecule has 1 aromatic heterocycles. The van der Waals surface area contributed by atoms with E-state index in [9.17, 15) is 4.79 Å². The first-order chi connectivity index (χ1) is 14.6. The second kappa shape index (κ2) is 10.8. The summed E-state index contributed by atoms with van der Waals surface area (Å²) >= 11 is 1.39. The van der Waals surface area contributed by atoms with E-state index in [2.05, 4.69) is 15.5 Å². The number of anilines is 3. The zero-order valence-corrected chi connectivity index (χ0v) is 18.3. The summed E-state index contributed by atoms with van der Waals surface area (Å²) in [4.78, 5) is 14.8. The number of nitrogens with one attached hydrogen (secondary N) is 1. The summed E-state index contributed by atoms with van der Waals surface area (Å²) < 4.78 is 7.00. The van der Waals surface area contributed by atoms with Crippen LogP contribution in [0.15, 0.2) is 66.1 Å². The Hall–Kier alpha value is -2.84. The monoisotopic (exact) mass is 425 g/mol. The van der Waals surface area contributed by atoms with Crippen LogP contribution < -0.4 is 10.2 Å². The number of nitrogens with zero attached hydrogens (tertiary/aromatic N) is 4. The van der Waals surface area contributed by atoms with Gasteiger partial charge in [0.05, 0.1) is 12.4 Å². The van der Waals surface area contributed by atoms with Gasteiger partial charge in [-0.25, -0.2) is 0 Å². The third kappa shape index (κ3) is 5.84. The number of rotatable bonds is 10. The Morgan fingerprint density at radius 3 is 2.50 bits per heavy atom. The van der Waals surface area contributed by atoms with Crippen molar-refractivity contribution in [1.82, 2.24) is 14.8 Å². The van der Waals surface area contributed by atoms with Crippen molar-refractivity contribution in [3.05, 3.63) is 60.9 Å². The van der Waals surface area contributed by atoms with E-state index < -0.39 is 0 Å². The molecule has 0 aliphatic heterocycles. The molecule has 7 nitrogen and oxygen atoms in total. The molecule has 0 saturated carbocycles. The molecule has 0 unspecified atom stereocenters. The minimum absolute atomic E-state index is 0.0278. The van der Waals surface area contributed by atoms with Gasteiger partial charge in [-0.1, -0.05) is 30.0 Å². The molecule has 0 aliphatic rings. The normalized spacial score (nSPS) is 10.9. The van der Waals surface area contributed by atoms with Crippen LogP contribution >= 0.6 is 11.8 Å². The number of thioether (sulfide) groups is 1. The Kier molecular flexibility index (Phi) is 7.87. The van der Waals surface area contributed by atoms with E-state index in [0.717, 1.165) is 17.1 Å². The molecule has 3 aromatic rings. The van der Waals surface area contributed by atoms with Crippen LogP contribution in [-0.2, 0) is 16.1 Å². The van der Waals surface area contributed by atoms with E-state index >= 15 is 0 Å². The first-order valence-corrected chi connectivity index (χ1v) is 10.8. The maximum atomic E-state index is 13.0. The summed E-state index contributed by atoms with van der Waals surface area (Å²) in [7, 11) is 1.65. The maximum absolute atomic E-state index is 13.0. The van der Waals surface area contributed by atoms with Crippen molar-refractivity contribution < 1.29 is 9.53 Å². The van der Waals surface area contributed by atoms with Gasteiger partial charge in [-0.05, 0) is 50.2 Å². The lowest BCUT2D eigenvalue weighted by Crippen LogP contribution is -2.38. The number of amides is 1. The van der Waals surface area contributed by atoms with Crippen LogP contribution in [0.5, 0.6) is 0 Å². The van der Waals surface area contributed by atoms with E-state index in [0.29, 0.717) is 18.3 Å². The number of aromatic nitrogens is 3. The van der Waals surface area contributed by atoms with Crippen LogP contribution in [0.25, 0.3) is 0 Å². The SMILES string of the molecule is COCCn1cnnc1SCC(=O)N(c1ccc(Nc2ccccc2)cc1)C(C)C. The number of carbonyl (C=O) groups excluding carboxylic acids is 1. The van der Waals surface area contributed by atoms with Crippen LogP contribution in [0.2, 0.25) is 0 Å². The van der Waals surface area contributed by atoms with Gasteiger partial charge in [0.15, 0.2) is 5.16 Å². The molecule has 158 valence electrons. The summed E-state index contributed by atoms with van der Waals surface area (Å²) in [5.41, 5.74) is 2.87. The Morgan fingerprint density at radius 2 is 1.83 bits per heavy atom. The highest BCUT2D eigenvalue weighted by Crippen LogP contribution is 2.24. The molecule has 0 radical (unpaired) electrons. The molecule has 1 heterocycles. The molecule has 8 heteroatoms. The van der Waals surface area contributed by atoms with Crippen molar-refractivity contribution in [3.63, 3.8) is 0 Å². The highest BCUT2D eigenvalue weighted by Gasteiger charge is 2.20. The van der Waals surface area contributed by atoms with E-state index in [1.54, 1.807) is 13.4 Å². The van der Waals surface area contributed by atoms with E-state index in [4.69, 9.17) is 4.74 Å². The third-order valence-corrected chi connectivity index (χ3v) is 5.40. The Labute approximate surface area is 181 Å². The predicted molar refractivity (Wildman–Crippen MR) is 121 cm³/mol. The highest BCUT2D eigenvalue weighted by molar-refractivity contribution is 7.99. The number of methoxy groups -OCH3 is 1. The van der Waals surface area contributed by atoms with E-state index in [1.165, 1.54) is 11.8 Å². The summed E-state index contributed by atoms with van der Waals surface area (Å²) in [6.45, 7) is 5.25. The largest absolute Gasteiger partial charge is 0.383 e. The first kappa shape index (κ1) is 21.9. The summed E-state index contributed by atoms with van der Waals surface area (Å²) in [5.74, 6) is 0.313. The molecule has 2 aromatic carbocycles. The number of benzene rings is 2. The van der Waals surface area contributed by atoms with Crippen molar-refractivity contribution in [3.8, 4) is 0 Å². The van der Waals surface area contributed by atoms with Crippen LogP contribution in [0.1, 0.15) is 13.8 Å². The molecule has 0 atom stereocenters. The van der Waals surface area contributed by atoms with Crippen molar-refractivity contribution in [2.45, 2.75) is 31.6 Å². The molecule has 0 aliphatic carbocycles. The molecule has 0 fully saturated rings. The third-order valence-electron chi connectivity index (χ3n) is 4.43. The second-order valence-corrected chi connectivity index (χ2v) is 7.93. The van der Waals surface area contributed by atoms with Gasteiger partial charge in [-0.3, -0.25) is 4.79 Å². The second-order valence-electron chi connectivity index (χ2n) is 6.98. The number of ether oxygens (including phenoxy) is 1. The molecule has 1 N–H and O–H groups in total. The van der Waals surface area contributed by atoms with Crippen molar-refractivity contribution in [1.29, 1.82) is 0 Å². The van der Waals surface area contributed by atoms with Crippen molar-refractivity contribution >= 4 is 34.7 Å². The molecule has 30 heavy (non-hydrogen) atoms. The van der Waals surface area contributed by atoms with Gasteiger partial charge < -0.3 is 19.5 Å². The molecular weight excluding hydrogens is 398 g/mol. The number of hydrogen-bond acceptors (Lipinski definition) is 6. The molecular formula is C22H27N5O2S. The fourth-order valence-electron chi connectivity index (χ4n) is 3.02. The van der Waals surface area contributed by atoms with Crippen LogP contribution in [-0.4, -0.2) is 46.2 Å². The summed E-state index contributed by atoms with van der Waals surface area (Å²) in [6, 6.07) is 17.9. The topological polar surface area (TPSA) is 72.3 Å². The van der Waals surface area contributed by atoms with Crippen LogP contribution in [0.3, 0.4) is 0 Å². The average Bonchev–Trinajstić information content (AvgIpc) is 3.20. The zero-order valence-electron chi connectivity index (χ0n) is 17.5. The lowest BCUT2D eigenvalue weighted by Gasteiger charge is -2.27. The van der Waals surface area contributed by atoms with Gasteiger partial charge in [0.25, 0.3) is 0 Å². The van der Waals surface area contributed by atoms with Crippen molar-refractivity contribution in [2.75, 3.05) is 29.7 Å². The minimum Gasteiger partial charge on any atom is -0.383 e. The van der Waals surface area contributed by atoms with Crippen LogP contribution in [0.4, 0.5) is 17.1 Å². The quantitative estimate of drug-likeness (QED) is 0.491. The lowest BCUT2D eigenvalue weighted by atomic mass is 10.2. The van der Waals surface area contributed by atoms with E-state index in [1.807, 2.05) is 77.9 Å². The average molecular weight is 426 g/mol. The van der Waals surface area contributed by atoms with Gasteiger partial charge in [0.2, 0.25) is 5.91 Å². The lowest BCUT2D eigenvalue weighted by molar-refractivity contribution is -0.116. The molecule has 0 saturated heterocycles.